The fourth-order valence-corrected chi connectivity index (χ4v) is 4.51. The smallest absolute Gasteiger partial charge is 0.270 e. The molecule has 0 unspecified atom stereocenters. The van der Waals surface area contributed by atoms with Crippen LogP contribution in [0.1, 0.15) is 26.9 Å². The quantitative estimate of drug-likeness (QED) is 0.870. The van der Waals surface area contributed by atoms with Crippen LogP contribution in [-0.4, -0.2) is 53.1 Å². The molecule has 2 aromatic rings. The average Bonchev–Trinajstić information content (AvgIpc) is 3.29. The van der Waals surface area contributed by atoms with Crippen molar-refractivity contribution >= 4 is 17.2 Å². The lowest BCUT2D eigenvalue weighted by Crippen LogP contribution is -2.34. The predicted molar refractivity (Wildman–Crippen MR) is 100 cm³/mol. The second kappa shape index (κ2) is 7.42. The van der Waals surface area contributed by atoms with Gasteiger partial charge in [-0.25, -0.2) is 4.98 Å². The van der Waals surface area contributed by atoms with Crippen molar-refractivity contribution in [3.05, 3.63) is 45.7 Å². The molecule has 2 fully saturated rings. The molecule has 4 heterocycles. The van der Waals surface area contributed by atoms with Gasteiger partial charge in [0.05, 0.1) is 23.4 Å². The van der Waals surface area contributed by atoms with Gasteiger partial charge >= 0.3 is 0 Å². The number of fused-ring (bicyclic) bond motifs is 1. The molecule has 3 atom stereocenters. The van der Waals surface area contributed by atoms with E-state index in [1.54, 1.807) is 0 Å². The molecule has 138 valence electrons. The maximum absolute atomic E-state index is 12.2. The van der Waals surface area contributed by atoms with Crippen molar-refractivity contribution in [2.24, 2.45) is 11.8 Å². The van der Waals surface area contributed by atoms with Crippen LogP contribution in [0.5, 0.6) is 0 Å². The number of carbonyl (C=O) groups excluding carboxylic acids is 1. The molecule has 1 amide bonds. The van der Waals surface area contributed by atoms with Gasteiger partial charge in [0.1, 0.15) is 5.69 Å². The zero-order valence-electron chi connectivity index (χ0n) is 15.1. The van der Waals surface area contributed by atoms with Crippen LogP contribution < -0.4 is 5.32 Å². The molecule has 4 rings (SSSR count). The zero-order chi connectivity index (χ0) is 18.1. The minimum absolute atomic E-state index is 0.0865. The van der Waals surface area contributed by atoms with E-state index in [0.717, 1.165) is 42.6 Å². The highest BCUT2D eigenvalue weighted by Crippen LogP contribution is 2.34. The second-order valence-corrected chi connectivity index (χ2v) is 8.28. The number of rotatable bonds is 5. The molecule has 0 aliphatic carbocycles. The molecule has 2 aliphatic heterocycles. The molecular weight excluding hydrogens is 348 g/mol. The monoisotopic (exact) mass is 372 g/mol. The minimum Gasteiger partial charge on any atom is -0.376 e. The van der Waals surface area contributed by atoms with Crippen LogP contribution in [0.4, 0.5) is 0 Å². The summed E-state index contributed by atoms with van der Waals surface area (Å²) in [6.07, 6.45) is 0.267. The number of aryl methyl sites for hydroxylation is 2. The maximum atomic E-state index is 12.2. The molecule has 0 radical (unpaired) electrons. The number of carbonyl (C=O) groups is 1. The van der Waals surface area contributed by atoms with E-state index < -0.39 is 0 Å². The van der Waals surface area contributed by atoms with Crippen molar-refractivity contribution in [1.82, 2.24) is 20.2 Å². The summed E-state index contributed by atoms with van der Waals surface area (Å²) in [5.74, 6) is 0.744. The predicted octanol–water partition coefficient (Wildman–Crippen LogP) is 2.03. The Morgan fingerprint density at radius 1 is 1.35 bits per heavy atom. The summed E-state index contributed by atoms with van der Waals surface area (Å²) in [6, 6.07) is 6.16. The van der Waals surface area contributed by atoms with Gasteiger partial charge in [0.25, 0.3) is 5.91 Å². The number of hydrogen-bond acceptors (Lipinski definition) is 6. The molecule has 0 spiro atoms. The van der Waals surface area contributed by atoms with Crippen molar-refractivity contribution < 1.29 is 9.53 Å². The average molecular weight is 372 g/mol. The number of nitrogens with zero attached hydrogens (tertiary/aromatic N) is 3. The lowest BCUT2D eigenvalue weighted by molar-refractivity contribution is 0.0900. The standard InChI is InChI=1S/C19H24N4O2S/c1-12-4-3-5-15(21-12)7-23-8-16-14(10-25-18(16)9-23)6-20-19(24)17-11-26-13(2)22-17/h3-5,11,14,16,18H,6-10H2,1-2H3,(H,20,24)/t14-,16-,18-/m0/s1. The number of nitrogens with one attached hydrogen (secondary N) is 1. The molecule has 0 saturated carbocycles. The van der Waals surface area contributed by atoms with E-state index in [1.165, 1.54) is 11.3 Å². The Bertz CT molecular complexity index is 793. The molecule has 0 aromatic carbocycles. The van der Waals surface area contributed by atoms with Crippen molar-refractivity contribution in [1.29, 1.82) is 0 Å². The van der Waals surface area contributed by atoms with Crippen LogP contribution in [0.2, 0.25) is 0 Å². The number of pyridine rings is 1. The summed E-state index contributed by atoms with van der Waals surface area (Å²) in [7, 11) is 0. The summed E-state index contributed by atoms with van der Waals surface area (Å²) >= 11 is 1.50. The first-order chi connectivity index (χ1) is 12.6. The van der Waals surface area contributed by atoms with Crippen LogP contribution in [0.25, 0.3) is 0 Å². The Labute approximate surface area is 157 Å². The third kappa shape index (κ3) is 3.79. The van der Waals surface area contributed by atoms with Crippen molar-refractivity contribution in [2.75, 3.05) is 26.2 Å². The summed E-state index contributed by atoms with van der Waals surface area (Å²) in [5, 5.41) is 5.76. The highest BCUT2D eigenvalue weighted by molar-refractivity contribution is 7.09. The lowest BCUT2D eigenvalue weighted by atomic mass is 9.93. The Morgan fingerprint density at radius 3 is 3.00 bits per heavy atom. The third-order valence-corrected chi connectivity index (χ3v) is 6.00. The first-order valence-corrected chi connectivity index (χ1v) is 9.93. The number of hydrogen-bond donors (Lipinski definition) is 1. The normalized spacial score (nSPS) is 25.4. The highest BCUT2D eigenvalue weighted by atomic mass is 32.1. The number of thiazole rings is 1. The molecule has 26 heavy (non-hydrogen) atoms. The van der Waals surface area contributed by atoms with Crippen LogP contribution >= 0.6 is 11.3 Å². The summed E-state index contributed by atoms with van der Waals surface area (Å²) in [6.45, 7) is 8.10. The zero-order valence-corrected chi connectivity index (χ0v) is 16.0. The summed E-state index contributed by atoms with van der Waals surface area (Å²) < 4.78 is 6.00. The van der Waals surface area contributed by atoms with Crippen molar-refractivity contribution in [3.8, 4) is 0 Å². The fraction of sp³-hybridized carbons (Fsp3) is 0.526. The van der Waals surface area contributed by atoms with Crippen molar-refractivity contribution in [3.63, 3.8) is 0 Å². The van der Waals surface area contributed by atoms with Gasteiger partial charge in [-0.1, -0.05) is 6.07 Å². The molecule has 7 heteroatoms. The van der Waals surface area contributed by atoms with Crippen LogP contribution in [0, 0.1) is 25.7 Å². The van der Waals surface area contributed by atoms with E-state index in [9.17, 15) is 4.79 Å². The highest BCUT2D eigenvalue weighted by Gasteiger charge is 2.43. The van der Waals surface area contributed by atoms with Crippen molar-refractivity contribution in [2.45, 2.75) is 26.5 Å². The number of amides is 1. The first kappa shape index (κ1) is 17.6. The van der Waals surface area contributed by atoms with E-state index in [0.29, 0.717) is 24.1 Å². The maximum Gasteiger partial charge on any atom is 0.270 e. The number of likely N-dealkylation sites (tertiary alicyclic amines) is 1. The lowest BCUT2D eigenvalue weighted by Gasteiger charge is -2.19. The largest absolute Gasteiger partial charge is 0.376 e. The van der Waals surface area contributed by atoms with E-state index in [4.69, 9.17) is 4.74 Å². The molecular formula is C19H24N4O2S. The van der Waals surface area contributed by atoms with Gasteiger partial charge in [0.2, 0.25) is 0 Å². The SMILES string of the molecule is Cc1cccc(CN2C[C@H]3[C@@H](CNC(=O)c4csc(C)n4)CO[C@H]3C2)n1. The van der Waals surface area contributed by atoms with Gasteiger partial charge < -0.3 is 10.1 Å². The Balaban J connectivity index is 1.31. The second-order valence-electron chi connectivity index (χ2n) is 7.22. The van der Waals surface area contributed by atoms with Gasteiger partial charge in [0.15, 0.2) is 0 Å². The van der Waals surface area contributed by atoms with Crippen LogP contribution in [0.3, 0.4) is 0 Å². The fourth-order valence-electron chi connectivity index (χ4n) is 3.92. The first-order valence-electron chi connectivity index (χ1n) is 9.05. The molecule has 2 saturated heterocycles. The van der Waals surface area contributed by atoms with E-state index in [-0.39, 0.29) is 12.0 Å². The molecule has 0 bridgehead atoms. The summed E-state index contributed by atoms with van der Waals surface area (Å²) in [5.41, 5.74) is 2.67. The Morgan fingerprint density at radius 2 is 2.23 bits per heavy atom. The van der Waals surface area contributed by atoms with Gasteiger partial charge in [-0.3, -0.25) is 14.7 Å². The van der Waals surface area contributed by atoms with Crippen LogP contribution in [-0.2, 0) is 11.3 Å². The van der Waals surface area contributed by atoms with Gasteiger partial charge in [-0.15, -0.1) is 11.3 Å². The molecule has 6 nitrogen and oxygen atoms in total. The third-order valence-electron chi connectivity index (χ3n) is 5.22. The summed E-state index contributed by atoms with van der Waals surface area (Å²) in [4.78, 5) is 23.5. The van der Waals surface area contributed by atoms with Gasteiger partial charge in [0, 0.05) is 49.1 Å². The molecule has 2 aromatic heterocycles. The Kier molecular flexibility index (Phi) is 5.02. The number of ether oxygens (including phenoxy) is 1. The van der Waals surface area contributed by atoms with E-state index >= 15 is 0 Å². The topological polar surface area (TPSA) is 67.4 Å². The Hall–Kier alpha value is -1.83. The van der Waals surface area contributed by atoms with E-state index in [1.807, 2.05) is 25.3 Å². The number of aromatic nitrogens is 2. The molecule has 1 N–H and O–H groups in total. The van der Waals surface area contributed by atoms with Gasteiger partial charge in [-0.05, 0) is 26.0 Å². The van der Waals surface area contributed by atoms with Gasteiger partial charge in [-0.2, -0.15) is 0 Å². The minimum atomic E-state index is -0.0865. The van der Waals surface area contributed by atoms with Crippen LogP contribution in [0.15, 0.2) is 23.6 Å². The molecule has 2 aliphatic rings. The van der Waals surface area contributed by atoms with E-state index in [2.05, 4.69) is 32.3 Å².